The molecule has 303 valence electrons. The summed E-state index contributed by atoms with van der Waals surface area (Å²) in [5, 5.41) is 4.53. The van der Waals surface area contributed by atoms with E-state index >= 15 is 4.39 Å². The summed E-state index contributed by atoms with van der Waals surface area (Å²) in [5.41, 5.74) is 5.66. The molecule has 1 saturated carbocycles. The molecule has 59 heavy (non-hydrogen) atoms. The Kier molecular flexibility index (Phi) is 10.3. The molecule has 1 fully saturated rings. The van der Waals surface area contributed by atoms with Gasteiger partial charge in [0, 0.05) is 45.3 Å². The Bertz CT molecular complexity index is 3090. The molecule has 1 aliphatic carbocycles. The zero-order valence-electron chi connectivity index (χ0n) is 41.7. The third-order valence-electron chi connectivity index (χ3n) is 11.5. The number of rotatable bonds is 8. The molecule has 3 aromatic heterocycles. The van der Waals surface area contributed by atoms with Crippen LogP contribution in [0, 0.1) is 29.8 Å². The fraction of sp³-hybridized carbons (Fsp3) is 0.283. The number of fused-ring (bicyclic) bond motifs is 4. The van der Waals surface area contributed by atoms with Crippen LogP contribution in [0.2, 0.25) is 19.6 Å². The van der Waals surface area contributed by atoms with Crippen molar-refractivity contribution >= 4 is 55.5 Å². The maximum Gasteiger partial charge on any atom is 0.131 e. The Balaban J connectivity index is 0.000000210. The second kappa shape index (κ2) is 17.7. The van der Waals surface area contributed by atoms with Gasteiger partial charge in [0.2, 0.25) is 0 Å². The molecule has 3 heterocycles. The Morgan fingerprint density at radius 1 is 0.881 bits per heavy atom. The molecule has 0 N–H and O–H groups in total. The van der Waals surface area contributed by atoms with Gasteiger partial charge in [-0.3, -0.25) is 0 Å². The molecule has 0 unspecified atom stereocenters. The van der Waals surface area contributed by atoms with Crippen molar-refractivity contribution in [3.8, 4) is 33.6 Å². The minimum Gasteiger partial charge on any atom is -0.305 e. The molecular formula is C53H53FIrN2SSi-2. The third kappa shape index (κ3) is 9.08. The first-order valence-corrected chi connectivity index (χ1v) is 24.5. The van der Waals surface area contributed by atoms with Crippen molar-refractivity contribution in [3.05, 3.63) is 151 Å². The van der Waals surface area contributed by atoms with Gasteiger partial charge in [-0.1, -0.05) is 143 Å². The first kappa shape index (κ1) is 34.4. The number of hydrogen-bond acceptors (Lipinski definition) is 3. The smallest absolute Gasteiger partial charge is 0.131 e. The van der Waals surface area contributed by atoms with Crippen LogP contribution in [-0.4, -0.2) is 18.0 Å². The number of benzene rings is 5. The van der Waals surface area contributed by atoms with Crippen LogP contribution in [0.3, 0.4) is 0 Å². The van der Waals surface area contributed by atoms with Crippen LogP contribution in [0.15, 0.2) is 121 Å². The molecular weight excluding hydrogens is 936 g/mol. The van der Waals surface area contributed by atoms with Crippen molar-refractivity contribution in [1.82, 2.24) is 9.97 Å². The van der Waals surface area contributed by atoms with E-state index in [2.05, 4.69) is 74.9 Å². The molecule has 6 heteroatoms. The van der Waals surface area contributed by atoms with E-state index in [1.807, 2.05) is 68.7 Å². The third-order valence-corrected chi connectivity index (χ3v) is 14.6. The summed E-state index contributed by atoms with van der Waals surface area (Å²) in [4.78, 5) is 9.36. The van der Waals surface area contributed by atoms with Crippen molar-refractivity contribution in [2.75, 3.05) is 0 Å². The van der Waals surface area contributed by atoms with E-state index in [1.54, 1.807) is 6.07 Å². The van der Waals surface area contributed by atoms with Crippen LogP contribution in [0.5, 0.6) is 0 Å². The van der Waals surface area contributed by atoms with Gasteiger partial charge in [0.25, 0.3) is 0 Å². The summed E-state index contributed by atoms with van der Waals surface area (Å²) < 4.78 is 75.0. The van der Waals surface area contributed by atoms with E-state index in [0.717, 1.165) is 54.1 Å². The first-order chi connectivity index (χ1) is 30.7. The van der Waals surface area contributed by atoms with Gasteiger partial charge in [-0.15, -0.1) is 52.9 Å². The minimum atomic E-state index is -1.72. The Morgan fingerprint density at radius 2 is 1.64 bits per heavy atom. The second-order valence-electron chi connectivity index (χ2n) is 17.3. The van der Waals surface area contributed by atoms with Gasteiger partial charge < -0.3 is 9.97 Å². The van der Waals surface area contributed by atoms with Gasteiger partial charge in [-0.25, -0.2) is 4.39 Å². The van der Waals surface area contributed by atoms with Crippen LogP contribution in [0.1, 0.15) is 74.1 Å². The van der Waals surface area contributed by atoms with Crippen LogP contribution in [0.4, 0.5) is 4.39 Å². The van der Waals surface area contributed by atoms with Gasteiger partial charge in [0.1, 0.15) is 5.82 Å². The summed E-state index contributed by atoms with van der Waals surface area (Å²) in [5.74, 6) is 0.0394. The fourth-order valence-corrected chi connectivity index (χ4v) is 10.9. The molecule has 0 bridgehead atoms. The van der Waals surface area contributed by atoms with Crippen molar-refractivity contribution in [1.29, 1.82) is 0 Å². The summed E-state index contributed by atoms with van der Waals surface area (Å²) in [7, 11) is -1.72. The number of aromatic nitrogens is 2. The maximum atomic E-state index is 15.7. The standard InChI is InChI=1S/C31H27FNS.C22H26NSi.Ir/c1-31(2,23-10-6-7-11-23)24-14-15-33-27(19-24)21-12-13-28-25(16-21)30-26(32)17-22(18-29(30)34-28)20-8-4-3-5-9-20;1-16(2)13-18-14-21(23-15-22(18)24(3,4)5)20-12-8-10-17-9-6-7-11-19(17)20;/h3-5,8-9,13-19,23H,6-7,10-11H2,1-2H3;6-11,14-16H,13H2,1-5H3;/q2*-1;/i3D,4D,5D,8D,9D;13D2;. The van der Waals surface area contributed by atoms with Crippen molar-refractivity contribution < 1.29 is 34.1 Å². The molecule has 9 rings (SSSR count). The van der Waals surface area contributed by atoms with Crippen LogP contribution >= 0.6 is 11.3 Å². The molecule has 0 spiro atoms. The number of pyridine rings is 2. The molecule has 2 nitrogen and oxygen atoms in total. The number of halogens is 1. The van der Waals surface area contributed by atoms with Crippen LogP contribution < -0.4 is 5.19 Å². The summed E-state index contributed by atoms with van der Waals surface area (Å²) in [6.45, 7) is 15.2. The zero-order valence-corrected chi connectivity index (χ0v) is 38.9. The Hall–Kier alpha value is -4.32. The van der Waals surface area contributed by atoms with Crippen LogP contribution in [-0.2, 0) is 31.9 Å². The van der Waals surface area contributed by atoms with E-state index in [4.69, 9.17) is 14.6 Å². The molecule has 8 aromatic rings. The predicted molar refractivity (Wildman–Crippen MR) is 249 cm³/mol. The van der Waals surface area contributed by atoms with Gasteiger partial charge in [0.05, 0.1) is 14.9 Å². The van der Waals surface area contributed by atoms with Gasteiger partial charge in [0.15, 0.2) is 0 Å². The molecule has 0 amide bonds. The molecule has 0 aliphatic heterocycles. The minimum absolute atomic E-state index is 0. The van der Waals surface area contributed by atoms with Gasteiger partial charge >= 0.3 is 0 Å². The Labute approximate surface area is 378 Å². The molecule has 1 aliphatic rings. The van der Waals surface area contributed by atoms with E-state index in [1.165, 1.54) is 48.6 Å². The van der Waals surface area contributed by atoms with Gasteiger partial charge in [-0.2, -0.15) is 11.3 Å². The normalized spacial score (nSPS) is 15.4. The summed E-state index contributed by atoms with van der Waals surface area (Å²) >= 11 is 1.39. The SMILES string of the molecule is [2H]C([2H])(c1cc(-c2[c-]ccc3ccccc23)ncc1[Si](C)(C)C)C(C)C.[2H]c1c([2H])c([2H])c(-c2cc(F)c3c(c2)sc2c[c-]c(-c4cc(C(C)(C)C5CCCC5)ccn4)cc23)c([2H])c1[2H].[Ir]. The maximum absolute atomic E-state index is 15.7. The van der Waals surface area contributed by atoms with E-state index < -0.39 is 38.4 Å². The van der Waals surface area contributed by atoms with Gasteiger partial charge in [-0.05, 0) is 92.6 Å². The predicted octanol–water partition coefficient (Wildman–Crippen LogP) is 14.6. The first-order valence-electron chi connectivity index (χ1n) is 23.7. The Morgan fingerprint density at radius 3 is 2.39 bits per heavy atom. The number of nitrogens with zero attached hydrogens (tertiary/aromatic N) is 2. The average molecular weight is 996 g/mol. The fourth-order valence-electron chi connectivity index (χ4n) is 8.34. The van der Waals surface area contributed by atoms with Crippen molar-refractivity contribution in [3.63, 3.8) is 0 Å². The molecule has 1 radical (unpaired) electrons. The van der Waals surface area contributed by atoms with E-state index in [-0.39, 0.29) is 54.7 Å². The van der Waals surface area contributed by atoms with Crippen molar-refractivity contribution in [2.24, 2.45) is 11.8 Å². The van der Waals surface area contributed by atoms with E-state index in [0.29, 0.717) is 16.0 Å². The average Bonchev–Trinajstić information content (AvgIpc) is 3.97. The second-order valence-corrected chi connectivity index (χ2v) is 23.4. The zero-order chi connectivity index (χ0) is 46.7. The largest absolute Gasteiger partial charge is 0.305 e. The monoisotopic (exact) mass is 996 g/mol. The van der Waals surface area contributed by atoms with Crippen LogP contribution in [0.25, 0.3) is 64.6 Å². The molecule has 5 aromatic carbocycles. The van der Waals surface area contributed by atoms with Crippen molar-refractivity contribution in [2.45, 2.75) is 84.8 Å². The molecule has 0 saturated heterocycles. The summed E-state index contributed by atoms with van der Waals surface area (Å²) in [6, 6.07) is 29.7. The number of thiophene rings is 1. The van der Waals surface area contributed by atoms with E-state index in [9.17, 15) is 0 Å². The quantitative estimate of drug-likeness (QED) is 0.112. The number of hydrogen-bond donors (Lipinski definition) is 0. The molecule has 0 atom stereocenters. The topological polar surface area (TPSA) is 25.8 Å². The summed E-state index contributed by atoms with van der Waals surface area (Å²) in [6.07, 6.45) is 7.42.